The Bertz CT molecular complexity index is 342. The molecule has 0 bridgehead atoms. The highest BCUT2D eigenvalue weighted by molar-refractivity contribution is 5.69. The molecule has 0 N–H and O–H groups in total. The Morgan fingerprint density at radius 2 is 2.18 bits per heavy atom. The Morgan fingerprint density at radius 1 is 1.53 bits per heavy atom. The molecule has 0 unspecified atom stereocenters. The molecule has 0 aromatic rings. The zero-order chi connectivity index (χ0) is 13.1. The summed E-state index contributed by atoms with van der Waals surface area (Å²) < 4.78 is 9.96. The summed E-state index contributed by atoms with van der Waals surface area (Å²) in [5.41, 5.74) is -0.612. The molecule has 1 heterocycles. The molecule has 0 aromatic carbocycles. The highest BCUT2D eigenvalue weighted by Crippen LogP contribution is 2.23. The van der Waals surface area contributed by atoms with E-state index in [0.29, 0.717) is 6.42 Å². The maximum Gasteiger partial charge on any atom is 0.413 e. The summed E-state index contributed by atoms with van der Waals surface area (Å²) in [4.78, 5) is 26.8. The van der Waals surface area contributed by atoms with Gasteiger partial charge < -0.3 is 14.3 Å². The van der Waals surface area contributed by atoms with Crippen molar-refractivity contribution in [3.63, 3.8) is 0 Å². The van der Waals surface area contributed by atoms with Crippen LogP contribution in [-0.4, -0.2) is 41.9 Å². The molecule has 1 aliphatic rings. The number of rotatable bonds is 2. The van der Waals surface area contributed by atoms with Crippen LogP contribution in [0.15, 0.2) is 0 Å². The molecule has 1 fully saturated rings. The van der Waals surface area contributed by atoms with Crippen LogP contribution in [0.4, 0.5) is 4.79 Å². The first-order valence-electron chi connectivity index (χ1n) is 5.32. The van der Waals surface area contributed by atoms with Gasteiger partial charge in [0, 0.05) is 0 Å². The molecule has 6 heteroatoms. The van der Waals surface area contributed by atoms with Crippen molar-refractivity contribution in [1.29, 1.82) is 0 Å². The first-order valence-corrected chi connectivity index (χ1v) is 5.32. The van der Waals surface area contributed by atoms with E-state index in [4.69, 9.17) is 16.0 Å². The molecule has 0 aliphatic carbocycles. The first-order chi connectivity index (χ1) is 7.87. The summed E-state index contributed by atoms with van der Waals surface area (Å²) in [5, 5.41) is 0. The minimum atomic E-state index is -0.693. The third-order valence-corrected chi connectivity index (χ3v) is 2.25. The number of hydrogen-bond acceptors (Lipinski definition) is 4. The number of carbonyl (C=O) groups excluding carboxylic acids is 2. The standard InChI is InChI=1S/C11H16N2O4/c1-11(2,3)17-10(15)13-6-8(12-4)5-9(13)16-7-14/h7-9H,5-6H2,1-3H3/t8-,9-/m1/s1. The lowest BCUT2D eigenvalue weighted by atomic mass is 10.2. The summed E-state index contributed by atoms with van der Waals surface area (Å²) in [6.07, 6.45) is -0.918. The third kappa shape index (κ3) is 3.63. The Labute approximate surface area is 100 Å². The predicted octanol–water partition coefficient (Wildman–Crippen LogP) is 1.41. The van der Waals surface area contributed by atoms with Gasteiger partial charge in [0.25, 0.3) is 6.47 Å². The van der Waals surface area contributed by atoms with Crippen LogP contribution in [0.2, 0.25) is 0 Å². The third-order valence-electron chi connectivity index (χ3n) is 2.25. The second-order valence-corrected chi connectivity index (χ2v) is 4.84. The molecule has 1 aliphatic heterocycles. The van der Waals surface area contributed by atoms with Crippen LogP contribution in [0.5, 0.6) is 0 Å². The van der Waals surface area contributed by atoms with Gasteiger partial charge in [-0.25, -0.2) is 11.4 Å². The average molecular weight is 240 g/mol. The van der Waals surface area contributed by atoms with Gasteiger partial charge in [0.05, 0.1) is 6.42 Å². The fraction of sp³-hybridized carbons (Fsp3) is 0.727. The summed E-state index contributed by atoms with van der Waals surface area (Å²) >= 11 is 0. The summed E-state index contributed by atoms with van der Waals surface area (Å²) in [6.45, 7) is 12.7. The van der Waals surface area contributed by atoms with E-state index in [-0.39, 0.29) is 19.1 Å². The van der Waals surface area contributed by atoms with Crippen molar-refractivity contribution in [3.05, 3.63) is 11.4 Å². The van der Waals surface area contributed by atoms with E-state index in [1.54, 1.807) is 20.8 Å². The Balaban J connectivity index is 2.70. The summed E-state index contributed by atoms with van der Waals surface area (Å²) in [6, 6.07) is -0.340. The van der Waals surface area contributed by atoms with E-state index in [1.165, 1.54) is 4.90 Å². The lowest BCUT2D eigenvalue weighted by molar-refractivity contribution is -0.139. The SMILES string of the molecule is [C-]#[N+][C@@H]1C[C@@H](OC=O)N(C(=O)OC(C)(C)C)C1. The molecule has 0 spiro atoms. The van der Waals surface area contributed by atoms with Crippen molar-refractivity contribution >= 4 is 12.6 Å². The monoisotopic (exact) mass is 240 g/mol. The lowest BCUT2D eigenvalue weighted by Gasteiger charge is -2.26. The summed E-state index contributed by atoms with van der Waals surface area (Å²) in [7, 11) is 0. The predicted molar refractivity (Wildman–Crippen MR) is 58.9 cm³/mol. The average Bonchev–Trinajstić information content (AvgIpc) is 2.59. The van der Waals surface area contributed by atoms with Crippen molar-refractivity contribution in [2.45, 2.75) is 45.1 Å². The molecule has 94 valence electrons. The lowest BCUT2D eigenvalue weighted by Crippen LogP contribution is -2.41. The Kier molecular flexibility index (Phi) is 3.94. The van der Waals surface area contributed by atoms with E-state index >= 15 is 0 Å². The van der Waals surface area contributed by atoms with Crippen molar-refractivity contribution in [3.8, 4) is 0 Å². The maximum absolute atomic E-state index is 11.8. The van der Waals surface area contributed by atoms with Crippen molar-refractivity contribution in [1.82, 2.24) is 4.90 Å². The van der Waals surface area contributed by atoms with Crippen LogP contribution < -0.4 is 0 Å². The molecule has 0 saturated carbocycles. The first kappa shape index (κ1) is 13.3. The van der Waals surface area contributed by atoms with Crippen LogP contribution >= 0.6 is 0 Å². The highest BCUT2D eigenvalue weighted by atomic mass is 16.6. The Hall–Kier alpha value is -1.77. The smallest absolute Gasteiger partial charge is 0.413 e. The highest BCUT2D eigenvalue weighted by Gasteiger charge is 2.42. The topological polar surface area (TPSA) is 60.2 Å². The number of nitrogens with zero attached hydrogens (tertiary/aromatic N) is 2. The van der Waals surface area contributed by atoms with E-state index in [9.17, 15) is 9.59 Å². The number of ether oxygens (including phenoxy) is 2. The quantitative estimate of drug-likeness (QED) is 0.541. The molecule has 0 aromatic heterocycles. The molecule has 1 amide bonds. The van der Waals surface area contributed by atoms with E-state index in [2.05, 4.69) is 4.85 Å². The van der Waals surface area contributed by atoms with Gasteiger partial charge in [0.2, 0.25) is 6.04 Å². The fourth-order valence-electron chi connectivity index (χ4n) is 1.58. The van der Waals surface area contributed by atoms with Crippen LogP contribution in [0.25, 0.3) is 4.85 Å². The molecule has 1 rings (SSSR count). The van der Waals surface area contributed by atoms with E-state index < -0.39 is 17.9 Å². The normalized spacial score (nSPS) is 24.0. The molecule has 6 nitrogen and oxygen atoms in total. The Morgan fingerprint density at radius 3 is 2.65 bits per heavy atom. The molecular weight excluding hydrogens is 224 g/mol. The minimum Gasteiger partial charge on any atom is -0.444 e. The molecule has 2 atom stereocenters. The molecule has 17 heavy (non-hydrogen) atoms. The second-order valence-electron chi connectivity index (χ2n) is 4.84. The second kappa shape index (κ2) is 5.04. The molecule has 0 radical (unpaired) electrons. The van der Waals surface area contributed by atoms with E-state index in [0.717, 1.165) is 0 Å². The molecule has 1 saturated heterocycles. The van der Waals surface area contributed by atoms with Gasteiger partial charge >= 0.3 is 6.09 Å². The fourth-order valence-corrected chi connectivity index (χ4v) is 1.58. The maximum atomic E-state index is 11.8. The van der Waals surface area contributed by atoms with Gasteiger partial charge in [0.15, 0.2) is 6.23 Å². The van der Waals surface area contributed by atoms with Gasteiger partial charge in [-0.3, -0.25) is 9.69 Å². The van der Waals surface area contributed by atoms with Crippen LogP contribution in [0.3, 0.4) is 0 Å². The van der Waals surface area contributed by atoms with E-state index in [1.807, 2.05) is 0 Å². The minimum absolute atomic E-state index is 0.233. The molecular formula is C11H16N2O4. The van der Waals surface area contributed by atoms with Crippen molar-refractivity contribution < 1.29 is 19.1 Å². The number of hydrogen-bond donors (Lipinski definition) is 0. The van der Waals surface area contributed by atoms with Crippen LogP contribution in [0, 0.1) is 6.57 Å². The van der Waals surface area contributed by atoms with Crippen LogP contribution in [-0.2, 0) is 14.3 Å². The number of likely N-dealkylation sites (tertiary alicyclic amines) is 1. The van der Waals surface area contributed by atoms with Gasteiger partial charge in [-0.15, -0.1) is 0 Å². The van der Waals surface area contributed by atoms with Crippen molar-refractivity contribution in [2.24, 2.45) is 0 Å². The van der Waals surface area contributed by atoms with Crippen LogP contribution in [0.1, 0.15) is 27.2 Å². The van der Waals surface area contributed by atoms with Crippen molar-refractivity contribution in [2.75, 3.05) is 6.54 Å². The zero-order valence-corrected chi connectivity index (χ0v) is 10.2. The summed E-state index contributed by atoms with van der Waals surface area (Å²) in [5.74, 6) is 0. The zero-order valence-electron chi connectivity index (χ0n) is 10.2. The van der Waals surface area contributed by atoms with Gasteiger partial charge in [-0.05, 0) is 20.8 Å². The number of carbonyl (C=O) groups is 2. The van der Waals surface area contributed by atoms with Gasteiger partial charge in [0.1, 0.15) is 12.1 Å². The van der Waals surface area contributed by atoms with Gasteiger partial charge in [-0.1, -0.05) is 0 Å². The van der Waals surface area contributed by atoms with Gasteiger partial charge in [-0.2, -0.15) is 0 Å². The number of amides is 1. The largest absolute Gasteiger partial charge is 0.444 e.